The van der Waals surface area contributed by atoms with Gasteiger partial charge in [0.05, 0.1) is 11.5 Å². The van der Waals surface area contributed by atoms with Crippen LogP contribution >= 0.6 is 11.3 Å². The molecule has 2 N–H and O–H groups in total. The molecule has 5 nitrogen and oxygen atoms in total. The van der Waals surface area contributed by atoms with Crippen LogP contribution in [-0.4, -0.2) is 41.9 Å². The Morgan fingerprint density at radius 2 is 1.90 bits per heavy atom. The Morgan fingerprint density at radius 1 is 1.21 bits per heavy atom. The van der Waals surface area contributed by atoms with Gasteiger partial charge in [-0.1, -0.05) is 13.8 Å². The van der Waals surface area contributed by atoms with E-state index in [0.717, 1.165) is 45.2 Å². The molecule has 3 atom stereocenters. The van der Waals surface area contributed by atoms with E-state index in [1.165, 1.54) is 12.0 Å². The van der Waals surface area contributed by atoms with Gasteiger partial charge in [0.1, 0.15) is 0 Å². The molecule has 0 unspecified atom stereocenters. The summed E-state index contributed by atoms with van der Waals surface area (Å²) in [5.41, 5.74) is 0.840. The van der Waals surface area contributed by atoms with E-state index in [2.05, 4.69) is 46.2 Å². The maximum atomic E-state index is 13.6. The standard InChI is InChI=1S/C23H35N3O2S/c1-4-26(5-2)20(19-6-7-29-14-19)13-24-21(28)22-9-17-8-18(10-22)12-23(11-17,15-22)25-16(3)27/h6-7,14,17-18,20H,4-5,8-13,15H2,1-3H3,(H,24,28)(H,25,27)/t17-,18-,20+,22?,23?/m1/s1. The van der Waals surface area contributed by atoms with Gasteiger partial charge < -0.3 is 10.6 Å². The molecule has 0 radical (unpaired) electrons. The van der Waals surface area contributed by atoms with Crippen LogP contribution in [0.15, 0.2) is 16.8 Å². The lowest BCUT2D eigenvalue weighted by Crippen LogP contribution is -2.66. The molecule has 4 aliphatic carbocycles. The molecular formula is C23H35N3O2S. The first kappa shape index (κ1) is 20.9. The predicted octanol–water partition coefficient (Wildman–Crippen LogP) is 3.72. The van der Waals surface area contributed by atoms with E-state index in [0.29, 0.717) is 18.4 Å². The van der Waals surface area contributed by atoms with Gasteiger partial charge in [-0.15, -0.1) is 0 Å². The van der Waals surface area contributed by atoms with Crippen molar-refractivity contribution in [3.05, 3.63) is 22.4 Å². The van der Waals surface area contributed by atoms with E-state index in [1.54, 1.807) is 18.3 Å². The third-order valence-electron chi connectivity index (χ3n) is 7.62. The fourth-order valence-corrected chi connectivity index (χ4v) is 7.72. The third-order valence-corrected chi connectivity index (χ3v) is 8.32. The molecule has 4 fully saturated rings. The second-order valence-corrected chi connectivity index (χ2v) is 10.5. The van der Waals surface area contributed by atoms with Gasteiger partial charge in [-0.2, -0.15) is 11.3 Å². The Balaban J connectivity index is 1.49. The minimum atomic E-state index is -0.297. The highest BCUT2D eigenvalue weighted by Gasteiger charge is 2.60. The van der Waals surface area contributed by atoms with Crippen LogP contribution in [0.1, 0.15) is 70.9 Å². The molecule has 0 aromatic carbocycles. The van der Waals surface area contributed by atoms with E-state index in [4.69, 9.17) is 0 Å². The van der Waals surface area contributed by atoms with Crippen LogP contribution in [0.2, 0.25) is 0 Å². The molecule has 0 aliphatic heterocycles. The number of nitrogens with zero attached hydrogens (tertiary/aromatic N) is 1. The van der Waals surface area contributed by atoms with Crippen LogP contribution in [-0.2, 0) is 9.59 Å². The number of nitrogens with one attached hydrogen (secondary N) is 2. The Hall–Kier alpha value is -1.40. The lowest BCUT2D eigenvalue weighted by Gasteiger charge is -2.61. The molecule has 1 aromatic rings. The first-order valence-corrected chi connectivity index (χ1v) is 12.2. The topological polar surface area (TPSA) is 61.4 Å². The molecule has 4 bridgehead atoms. The number of likely N-dealkylation sites (N-methyl/N-ethyl adjacent to an activating group) is 1. The molecule has 29 heavy (non-hydrogen) atoms. The molecule has 1 aromatic heterocycles. The zero-order valence-corrected chi connectivity index (χ0v) is 18.8. The van der Waals surface area contributed by atoms with Crippen molar-refractivity contribution in [3.8, 4) is 0 Å². The van der Waals surface area contributed by atoms with Gasteiger partial charge in [-0.25, -0.2) is 0 Å². The Labute approximate surface area is 178 Å². The molecule has 0 spiro atoms. The van der Waals surface area contributed by atoms with Gasteiger partial charge in [0.15, 0.2) is 0 Å². The molecule has 5 rings (SSSR count). The zero-order valence-electron chi connectivity index (χ0n) is 18.0. The summed E-state index contributed by atoms with van der Waals surface area (Å²) in [6.07, 6.45) is 6.13. The van der Waals surface area contributed by atoms with Crippen molar-refractivity contribution in [2.75, 3.05) is 19.6 Å². The van der Waals surface area contributed by atoms with E-state index in [9.17, 15) is 9.59 Å². The molecular weight excluding hydrogens is 382 g/mol. The van der Waals surface area contributed by atoms with Gasteiger partial charge in [0.2, 0.25) is 11.8 Å². The second-order valence-electron chi connectivity index (χ2n) is 9.71. The summed E-state index contributed by atoms with van der Waals surface area (Å²) in [4.78, 5) is 27.8. The Morgan fingerprint density at radius 3 is 2.45 bits per heavy atom. The van der Waals surface area contributed by atoms with Gasteiger partial charge in [-0.3, -0.25) is 14.5 Å². The van der Waals surface area contributed by atoms with Gasteiger partial charge >= 0.3 is 0 Å². The first-order valence-electron chi connectivity index (χ1n) is 11.2. The average molecular weight is 418 g/mol. The summed E-state index contributed by atoms with van der Waals surface area (Å²) >= 11 is 1.71. The van der Waals surface area contributed by atoms with Crippen molar-refractivity contribution in [1.29, 1.82) is 0 Å². The van der Waals surface area contributed by atoms with Crippen LogP contribution in [0.3, 0.4) is 0 Å². The monoisotopic (exact) mass is 417 g/mol. The van der Waals surface area contributed by atoms with E-state index >= 15 is 0 Å². The average Bonchev–Trinajstić information content (AvgIpc) is 3.17. The molecule has 4 aliphatic rings. The molecule has 4 saturated carbocycles. The van der Waals surface area contributed by atoms with Gasteiger partial charge in [-0.05, 0) is 85.8 Å². The SMILES string of the molecule is CCN(CC)[C@@H](CNC(=O)C12C[C@H]3C[C@@H](CC(NC(C)=O)(C3)C1)C2)c1ccsc1. The Kier molecular flexibility index (Phi) is 5.77. The molecule has 2 amide bonds. The zero-order chi connectivity index (χ0) is 20.6. The third kappa shape index (κ3) is 3.98. The summed E-state index contributed by atoms with van der Waals surface area (Å²) < 4.78 is 0. The van der Waals surface area contributed by atoms with Gasteiger partial charge in [0.25, 0.3) is 0 Å². The minimum absolute atomic E-state index is 0.0431. The second kappa shape index (κ2) is 8.03. The van der Waals surface area contributed by atoms with Crippen LogP contribution in [0.4, 0.5) is 0 Å². The summed E-state index contributed by atoms with van der Waals surface area (Å²) in [7, 11) is 0. The summed E-state index contributed by atoms with van der Waals surface area (Å²) in [5.74, 6) is 1.41. The maximum absolute atomic E-state index is 13.6. The van der Waals surface area contributed by atoms with Crippen molar-refractivity contribution < 1.29 is 9.59 Å². The van der Waals surface area contributed by atoms with Crippen molar-refractivity contribution in [3.63, 3.8) is 0 Å². The maximum Gasteiger partial charge on any atom is 0.226 e. The number of carbonyl (C=O) groups is 2. The number of rotatable bonds is 8. The minimum Gasteiger partial charge on any atom is -0.354 e. The molecule has 6 heteroatoms. The van der Waals surface area contributed by atoms with Crippen LogP contribution in [0.25, 0.3) is 0 Å². The van der Waals surface area contributed by atoms with Crippen LogP contribution in [0, 0.1) is 17.3 Å². The highest BCUT2D eigenvalue weighted by Crippen LogP contribution is 2.61. The largest absolute Gasteiger partial charge is 0.354 e. The number of thiophene rings is 1. The van der Waals surface area contributed by atoms with E-state index in [1.807, 2.05) is 0 Å². The predicted molar refractivity (Wildman–Crippen MR) is 117 cm³/mol. The normalized spacial score (nSPS) is 33.7. The quantitative estimate of drug-likeness (QED) is 0.678. The summed E-state index contributed by atoms with van der Waals surface area (Å²) in [6, 6.07) is 2.40. The molecule has 160 valence electrons. The highest BCUT2D eigenvalue weighted by atomic mass is 32.1. The summed E-state index contributed by atoms with van der Waals surface area (Å²) in [6.45, 7) is 8.56. The lowest BCUT2D eigenvalue weighted by molar-refractivity contribution is -0.153. The fourth-order valence-electron chi connectivity index (χ4n) is 7.01. The fraction of sp³-hybridized carbons (Fsp3) is 0.739. The molecule has 1 heterocycles. The van der Waals surface area contributed by atoms with Crippen LogP contribution in [0.5, 0.6) is 0 Å². The van der Waals surface area contributed by atoms with Crippen molar-refractivity contribution >= 4 is 23.2 Å². The Bertz CT molecular complexity index is 729. The van der Waals surface area contributed by atoms with Crippen molar-refractivity contribution in [2.24, 2.45) is 17.3 Å². The number of amides is 2. The van der Waals surface area contributed by atoms with Crippen molar-refractivity contribution in [2.45, 2.75) is 70.9 Å². The number of hydrogen-bond acceptors (Lipinski definition) is 4. The number of hydrogen-bond donors (Lipinski definition) is 2. The van der Waals surface area contributed by atoms with Gasteiger partial charge in [0, 0.05) is 19.0 Å². The van der Waals surface area contributed by atoms with Crippen molar-refractivity contribution in [1.82, 2.24) is 15.5 Å². The number of carbonyl (C=O) groups excluding carboxylic acids is 2. The van der Waals surface area contributed by atoms with E-state index < -0.39 is 0 Å². The van der Waals surface area contributed by atoms with Crippen LogP contribution < -0.4 is 10.6 Å². The lowest BCUT2D eigenvalue weighted by atomic mass is 9.46. The smallest absolute Gasteiger partial charge is 0.226 e. The first-order chi connectivity index (χ1) is 13.9. The summed E-state index contributed by atoms with van der Waals surface area (Å²) in [5, 5.41) is 10.9. The van der Waals surface area contributed by atoms with E-state index in [-0.39, 0.29) is 28.8 Å². The molecule has 0 saturated heterocycles. The highest BCUT2D eigenvalue weighted by molar-refractivity contribution is 7.07.